The van der Waals surface area contributed by atoms with Crippen molar-refractivity contribution in [3.8, 4) is 34.5 Å². The van der Waals surface area contributed by atoms with Crippen LogP contribution in [-0.4, -0.2) is 66.3 Å². The molecule has 41 heavy (non-hydrogen) atoms. The molecule has 2 fully saturated rings. The first-order valence-electron chi connectivity index (χ1n) is 14.8. The van der Waals surface area contributed by atoms with Gasteiger partial charge in [0.25, 0.3) is 0 Å². The number of fused-ring (bicyclic) bond motifs is 2. The van der Waals surface area contributed by atoms with Crippen molar-refractivity contribution in [2.75, 3.05) is 13.6 Å². The Morgan fingerprint density at radius 1 is 1.05 bits per heavy atom. The van der Waals surface area contributed by atoms with E-state index in [2.05, 4.69) is 34.1 Å². The fraction of sp³-hybridized carbons (Fsp3) is 0.484. The van der Waals surface area contributed by atoms with Crippen LogP contribution in [0.4, 0.5) is 0 Å². The molecule has 0 amide bonds. The minimum Gasteiger partial charge on any atom is -0.473 e. The molecular formula is C31H35N7O3. The van der Waals surface area contributed by atoms with Gasteiger partial charge in [-0.15, -0.1) is 0 Å². The number of rotatable bonds is 6. The number of likely N-dealkylation sites (tertiary alicyclic amines) is 1. The van der Waals surface area contributed by atoms with Crippen LogP contribution in [0.1, 0.15) is 69.6 Å². The SMILES string of the molecule is C[C@H](Oc1cc(-n2nccc2-c2ccncc2)nc(-c2noc3c2CCC[C@@]32CCCCC2=O)n1)[C@@H]1CCCN1C. The molecule has 3 atom stereocenters. The second-order valence-corrected chi connectivity index (χ2v) is 11.7. The van der Waals surface area contributed by atoms with Crippen molar-refractivity contribution in [1.29, 1.82) is 0 Å². The molecule has 1 spiro atoms. The molecule has 0 unspecified atom stereocenters. The number of ketones is 1. The molecule has 3 aliphatic rings. The zero-order valence-electron chi connectivity index (χ0n) is 23.6. The number of hydrogen-bond acceptors (Lipinski definition) is 9. The van der Waals surface area contributed by atoms with Crippen LogP contribution < -0.4 is 4.74 Å². The van der Waals surface area contributed by atoms with Crippen LogP contribution in [-0.2, 0) is 16.6 Å². The van der Waals surface area contributed by atoms with Crippen LogP contribution in [0.25, 0.3) is 28.6 Å². The molecule has 7 rings (SSSR count). The Hall–Kier alpha value is -3.92. The lowest BCUT2D eigenvalue weighted by atomic mass is 9.64. The predicted octanol–water partition coefficient (Wildman–Crippen LogP) is 4.96. The van der Waals surface area contributed by atoms with Gasteiger partial charge in [-0.2, -0.15) is 10.1 Å². The number of pyridine rings is 1. The second kappa shape index (κ2) is 10.5. The van der Waals surface area contributed by atoms with Crippen LogP contribution in [0.15, 0.2) is 47.4 Å². The lowest BCUT2D eigenvalue weighted by Gasteiger charge is -2.36. The van der Waals surface area contributed by atoms with Crippen LogP contribution in [0.3, 0.4) is 0 Å². The number of aromatic nitrogens is 6. The minimum atomic E-state index is -0.563. The van der Waals surface area contributed by atoms with E-state index in [0.29, 0.717) is 35.7 Å². The van der Waals surface area contributed by atoms with Crippen molar-refractivity contribution in [2.24, 2.45) is 0 Å². The Morgan fingerprint density at radius 3 is 2.71 bits per heavy atom. The predicted molar refractivity (Wildman–Crippen MR) is 152 cm³/mol. The van der Waals surface area contributed by atoms with E-state index < -0.39 is 5.41 Å². The Kier molecular flexibility index (Phi) is 6.65. The zero-order valence-corrected chi connectivity index (χ0v) is 23.6. The summed E-state index contributed by atoms with van der Waals surface area (Å²) in [6.45, 7) is 3.16. The molecule has 10 heteroatoms. The topological polar surface area (TPSA) is 112 Å². The Morgan fingerprint density at radius 2 is 1.90 bits per heavy atom. The molecule has 0 N–H and O–H groups in total. The fourth-order valence-electron chi connectivity index (χ4n) is 7.08. The summed E-state index contributed by atoms with van der Waals surface area (Å²) in [7, 11) is 2.14. The normalized spacial score (nSPS) is 23.6. The van der Waals surface area contributed by atoms with Gasteiger partial charge in [0.2, 0.25) is 5.88 Å². The number of carbonyl (C=O) groups is 1. The van der Waals surface area contributed by atoms with E-state index in [4.69, 9.17) is 19.2 Å². The van der Waals surface area contributed by atoms with E-state index in [9.17, 15) is 4.79 Å². The molecule has 1 saturated heterocycles. The molecule has 0 aromatic carbocycles. The van der Waals surface area contributed by atoms with Gasteiger partial charge < -0.3 is 9.26 Å². The largest absolute Gasteiger partial charge is 0.473 e. The highest BCUT2D eigenvalue weighted by molar-refractivity contribution is 5.91. The second-order valence-electron chi connectivity index (χ2n) is 11.7. The van der Waals surface area contributed by atoms with E-state index in [1.165, 1.54) is 0 Å². The number of ether oxygens (including phenoxy) is 1. The Balaban J connectivity index is 1.33. The smallest absolute Gasteiger partial charge is 0.219 e. The molecule has 1 aliphatic heterocycles. The lowest BCUT2D eigenvalue weighted by molar-refractivity contribution is -0.128. The summed E-state index contributed by atoms with van der Waals surface area (Å²) in [5.41, 5.74) is 2.82. The standard InChI is InChI=1S/C31H35N7O3/c1-20(23-8-6-18-37(23)2)40-27-19-26(38-24(12-17-33-38)21-10-15-32-16-11-21)34-30(35-27)28-22-7-5-14-31(29(22)41-36-28)13-4-3-9-25(31)39/h10-12,15-17,19-20,23H,3-9,13-14,18H2,1-2H3/t20-,23-,31+/m0/s1. The van der Waals surface area contributed by atoms with Gasteiger partial charge in [0, 0.05) is 42.0 Å². The van der Waals surface area contributed by atoms with Gasteiger partial charge in [0.05, 0.1) is 17.3 Å². The van der Waals surface area contributed by atoms with Crippen LogP contribution >= 0.6 is 0 Å². The molecule has 212 valence electrons. The number of hydrogen-bond donors (Lipinski definition) is 0. The van der Waals surface area contributed by atoms with Crippen molar-refractivity contribution in [3.05, 3.63) is 54.2 Å². The molecule has 1 saturated carbocycles. The average Bonchev–Trinajstić information content (AvgIpc) is 3.75. The van der Waals surface area contributed by atoms with Crippen LogP contribution in [0, 0.1) is 0 Å². The molecule has 2 aliphatic carbocycles. The maximum Gasteiger partial charge on any atom is 0.219 e. The summed E-state index contributed by atoms with van der Waals surface area (Å²) < 4.78 is 14.3. The highest BCUT2D eigenvalue weighted by Crippen LogP contribution is 2.47. The van der Waals surface area contributed by atoms with Crippen molar-refractivity contribution in [1.82, 2.24) is 34.8 Å². The van der Waals surface area contributed by atoms with Gasteiger partial charge in [-0.3, -0.25) is 14.7 Å². The van der Waals surface area contributed by atoms with Gasteiger partial charge in [0.15, 0.2) is 23.1 Å². The van der Waals surface area contributed by atoms with E-state index in [0.717, 1.165) is 80.5 Å². The first kappa shape index (κ1) is 26.0. The van der Waals surface area contributed by atoms with Crippen molar-refractivity contribution < 1.29 is 14.1 Å². The summed E-state index contributed by atoms with van der Waals surface area (Å²) in [6.07, 6.45) is 13.3. The highest BCUT2D eigenvalue weighted by Gasteiger charge is 2.48. The number of Topliss-reactive ketones (excluding diaryl/α,β-unsaturated/α-hetero) is 1. The monoisotopic (exact) mass is 553 g/mol. The van der Waals surface area contributed by atoms with Crippen LogP contribution in [0.2, 0.25) is 0 Å². The molecule has 5 heterocycles. The molecule has 0 bridgehead atoms. The number of nitrogens with zero attached hydrogens (tertiary/aromatic N) is 7. The maximum atomic E-state index is 13.2. The van der Waals surface area contributed by atoms with Gasteiger partial charge in [-0.05, 0) is 83.7 Å². The summed E-state index contributed by atoms with van der Waals surface area (Å²) in [6, 6.07) is 7.99. The van der Waals surface area contributed by atoms with Crippen molar-refractivity contribution in [3.63, 3.8) is 0 Å². The first-order chi connectivity index (χ1) is 20.0. The lowest BCUT2D eigenvalue weighted by Crippen LogP contribution is -2.41. The third-order valence-electron chi connectivity index (χ3n) is 9.21. The van der Waals surface area contributed by atoms with Gasteiger partial charge in [-0.1, -0.05) is 11.6 Å². The quantitative estimate of drug-likeness (QED) is 0.327. The summed E-state index contributed by atoms with van der Waals surface area (Å²) >= 11 is 0. The molecule has 0 radical (unpaired) electrons. The molecule has 10 nitrogen and oxygen atoms in total. The summed E-state index contributed by atoms with van der Waals surface area (Å²) in [5.74, 6) is 2.46. The third-order valence-corrected chi connectivity index (χ3v) is 9.21. The minimum absolute atomic E-state index is 0.0651. The molecule has 4 aromatic heterocycles. The third kappa shape index (κ3) is 4.54. The molecule has 4 aromatic rings. The number of carbonyl (C=O) groups excluding carboxylic acids is 1. The Bertz CT molecular complexity index is 1560. The van der Waals surface area contributed by atoms with E-state index in [1.54, 1.807) is 23.3 Å². The maximum absolute atomic E-state index is 13.2. The van der Waals surface area contributed by atoms with Gasteiger partial charge in [0.1, 0.15) is 11.9 Å². The van der Waals surface area contributed by atoms with Gasteiger partial charge in [-0.25, -0.2) is 9.67 Å². The van der Waals surface area contributed by atoms with Crippen LogP contribution in [0.5, 0.6) is 5.88 Å². The number of likely N-dealkylation sites (N-methyl/N-ethyl adjacent to an activating group) is 1. The molecular weight excluding hydrogens is 518 g/mol. The van der Waals surface area contributed by atoms with Gasteiger partial charge >= 0.3 is 0 Å². The fourth-order valence-corrected chi connectivity index (χ4v) is 7.08. The van der Waals surface area contributed by atoms with E-state index in [1.807, 2.05) is 24.3 Å². The first-order valence-corrected chi connectivity index (χ1v) is 14.8. The Labute approximate surface area is 239 Å². The highest BCUT2D eigenvalue weighted by atomic mass is 16.5. The summed E-state index contributed by atoms with van der Waals surface area (Å²) in [5, 5.41) is 9.13. The van der Waals surface area contributed by atoms with Crippen molar-refractivity contribution in [2.45, 2.75) is 82.3 Å². The zero-order chi connectivity index (χ0) is 28.0. The van der Waals surface area contributed by atoms with E-state index >= 15 is 0 Å². The average molecular weight is 554 g/mol. The van der Waals surface area contributed by atoms with E-state index in [-0.39, 0.29) is 11.9 Å². The van der Waals surface area contributed by atoms with Crippen molar-refractivity contribution >= 4 is 5.78 Å². The summed E-state index contributed by atoms with van der Waals surface area (Å²) in [4.78, 5) is 29.6.